The van der Waals surface area contributed by atoms with Gasteiger partial charge in [-0.25, -0.2) is 8.42 Å². The van der Waals surface area contributed by atoms with E-state index in [1.54, 1.807) is 67.6 Å². The average Bonchev–Trinajstić information content (AvgIpc) is 2.93. The second-order valence-electron chi connectivity index (χ2n) is 9.13. The molecule has 2 amide bonds. The Labute approximate surface area is 254 Å². The van der Waals surface area contributed by atoms with E-state index in [1.807, 2.05) is 6.92 Å². The van der Waals surface area contributed by atoms with E-state index < -0.39 is 28.5 Å². The molecule has 0 saturated carbocycles. The lowest BCUT2D eigenvalue weighted by atomic mass is 10.1. The van der Waals surface area contributed by atoms with Crippen LogP contribution in [0.5, 0.6) is 0 Å². The van der Waals surface area contributed by atoms with E-state index in [0.29, 0.717) is 38.7 Å². The Bertz CT molecular complexity index is 1420. The number of hydrogen-bond acceptors (Lipinski definition) is 4. The fourth-order valence-electron chi connectivity index (χ4n) is 4.14. The van der Waals surface area contributed by atoms with Crippen LogP contribution in [0.4, 0.5) is 5.69 Å². The van der Waals surface area contributed by atoms with Gasteiger partial charge >= 0.3 is 0 Å². The Balaban J connectivity index is 2.05. The van der Waals surface area contributed by atoms with Crippen molar-refractivity contribution in [3.8, 4) is 0 Å². The molecule has 0 radical (unpaired) electrons. The van der Waals surface area contributed by atoms with Crippen molar-refractivity contribution in [2.75, 3.05) is 17.4 Å². The summed E-state index contributed by atoms with van der Waals surface area (Å²) in [6.07, 6.45) is 2.02. The smallest absolute Gasteiger partial charge is 0.264 e. The lowest BCUT2D eigenvalue weighted by Crippen LogP contribution is -2.52. The highest BCUT2D eigenvalue weighted by Gasteiger charge is 2.34. The molecule has 1 N–H and O–H groups in total. The lowest BCUT2D eigenvalue weighted by molar-refractivity contribution is -0.140. The predicted octanol–water partition coefficient (Wildman–Crippen LogP) is 6.67. The summed E-state index contributed by atoms with van der Waals surface area (Å²) in [5, 5.41) is 3.68. The summed E-state index contributed by atoms with van der Waals surface area (Å²) in [5.41, 5.74) is 0.885. The number of nitrogens with zero attached hydrogens (tertiary/aromatic N) is 2. The molecule has 0 aliphatic carbocycles. The van der Waals surface area contributed by atoms with Gasteiger partial charge in [0, 0.05) is 27.6 Å². The van der Waals surface area contributed by atoms with E-state index in [2.05, 4.69) is 21.2 Å². The minimum absolute atomic E-state index is 0.00769. The second kappa shape index (κ2) is 14.9. The molecule has 0 aliphatic heterocycles. The van der Waals surface area contributed by atoms with Crippen LogP contribution >= 0.6 is 39.1 Å². The summed E-state index contributed by atoms with van der Waals surface area (Å²) < 4.78 is 29.4. The Morgan fingerprint density at radius 3 is 2.33 bits per heavy atom. The first kappa shape index (κ1) is 31.9. The fourth-order valence-corrected chi connectivity index (χ4v) is 6.42. The number of nitrogens with one attached hydrogen (secondary N) is 1. The first-order valence-electron chi connectivity index (χ1n) is 12.9. The monoisotopic (exact) mass is 667 g/mol. The van der Waals surface area contributed by atoms with Crippen LogP contribution in [0.15, 0.2) is 82.2 Å². The zero-order valence-corrected chi connectivity index (χ0v) is 26.2. The van der Waals surface area contributed by atoms with Crippen molar-refractivity contribution in [1.29, 1.82) is 0 Å². The van der Waals surface area contributed by atoms with Gasteiger partial charge in [0.05, 0.1) is 10.6 Å². The number of halogens is 3. The number of hydrogen-bond donors (Lipinski definition) is 1. The number of sulfonamides is 1. The highest BCUT2D eigenvalue weighted by atomic mass is 79.9. The summed E-state index contributed by atoms with van der Waals surface area (Å²) >= 11 is 15.9. The van der Waals surface area contributed by atoms with Crippen LogP contribution in [0.25, 0.3) is 0 Å². The number of benzene rings is 3. The van der Waals surface area contributed by atoms with Crippen LogP contribution < -0.4 is 9.62 Å². The van der Waals surface area contributed by atoms with Gasteiger partial charge in [-0.2, -0.15) is 0 Å². The molecule has 0 fully saturated rings. The number of unbranched alkanes of at least 4 members (excludes halogenated alkanes) is 1. The van der Waals surface area contributed by atoms with Gasteiger partial charge in [-0.1, -0.05) is 89.7 Å². The molecule has 0 spiro atoms. The molecule has 3 rings (SSSR count). The first-order valence-corrected chi connectivity index (χ1v) is 15.9. The van der Waals surface area contributed by atoms with Crippen molar-refractivity contribution >= 4 is 66.7 Å². The summed E-state index contributed by atoms with van der Waals surface area (Å²) in [4.78, 5) is 28.7. The molecular formula is C29H32BrCl2N3O4S. The molecule has 40 heavy (non-hydrogen) atoms. The van der Waals surface area contributed by atoms with Crippen LogP contribution in [0.1, 0.15) is 38.7 Å². The van der Waals surface area contributed by atoms with Gasteiger partial charge in [0.2, 0.25) is 11.8 Å². The highest BCUT2D eigenvalue weighted by molar-refractivity contribution is 9.10. The predicted molar refractivity (Wildman–Crippen MR) is 164 cm³/mol. The Hall–Kier alpha value is -2.59. The number of amides is 2. The fraction of sp³-hybridized carbons (Fsp3) is 0.310. The maximum absolute atomic E-state index is 14.1. The van der Waals surface area contributed by atoms with E-state index >= 15 is 0 Å². The molecule has 11 heteroatoms. The molecule has 0 heterocycles. The van der Waals surface area contributed by atoms with E-state index in [4.69, 9.17) is 23.2 Å². The van der Waals surface area contributed by atoms with Crippen LogP contribution in [0.3, 0.4) is 0 Å². The number of anilines is 1. The number of carbonyl (C=O) groups excluding carboxylic acids is 2. The van der Waals surface area contributed by atoms with Gasteiger partial charge in [-0.15, -0.1) is 0 Å². The SMILES string of the molecule is CCCCNC(=O)[C@H](CC)N(Cc1ccc(Cl)cc1Cl)C(=O)CN(c1cccc(Br)c1)S(=O)(=O)c1ccccc1. The minimum atomic E-state index is -4.14. The standard InChI is InChI=1S/C29H32BrCl2N3O4S/c1-3-5-16-33-29(37)27(4-2)34(19-21-14-15-23(31)18-26(21)32)28(36)20-35(24-11-9-10-22(30)17-24)40(38,39)25-12-7-6-8-13-25/h6-15,17-18,27H,3-5,16,19-20H2,1-2H3,(H,33,37)/t27-/m0/s1. The largest absolute Gasteiger partial charge is 0.354 e. The van der Waals surface area contributed by atoms with Gasteiger partial charge in [-0.05, 0) is 60.9 Å². The van der Waals surface area contributed by atoms with Crippen LogP contribution in [-0.2, 0) is 26.2 Å². The van der Waals surface area contributed by atoms with Crippen molar-refractivity contribution < 1.29 is 18.0 Å². The third-order valence-electron chi connectivity index (χ3n) is 6.28. The maximum atomic E-state index is 14.1. The first-order chi connectivity index (χ1) is 19.1. The van der Waals surface area contributed by atoms with Crippen molar-refractivity contribution in [3.05, 3.63) is 92.9 Å². The average molecular weight is 669 g/mol. The summed E-state index contributed by atoms with van der Waals surface area (Å²) in [6, 6.07) is 18.7. The van der Waals surface area contributed by atoms with Gasteiger partial charge in [0.1, 0.15) is 12.6 Å². The Kier molecular flexibility index (Phi) is 11.9. The normalized spacial score (nSPS) is 12.0. The molecule has 3 aromatic carbocycles. The molecule has 0 aromatic heterocycles. The Morgan fingerprint density at radius 2 is 1.70 bits per heavy atom. The van der Waals surface area contributed by atoms with Crippen LogP contribution in [0, 0.1) is 0 Å². The van der Waals surface area contributed by atoms with Gasteiger partial charge in [-0.3, -0.25) is 13.9 Å². The third kappa shape index (κ3) is 8.22. The summed E-state index contributed by atoms with van der Waals surface area (Å²) in [6.45, 7) is 3.76. The third-order valence-corrected chi connectivity index (χ3v) is 9.15. The topological polar surface area (TPSA) is 86.8 Å². The maximum Gasteiger partial charge on any atom is 0.264 e. The van der Waals surface area contributed by atoms with Gasteiger partial charge in [0.25, 0.3) is 10.0 Å². The highest BCUT2D eigenvalue weighted by Crippen LogP contribution is 2.28. The van der Waals surface area contributed by atoms with E-state index in [1.165, 1.54) is 17.0 Å². The molecule has 0 unspecified atom stereocenters. The van der Waals surface area contributed by atoms with Crippen molar-refractivity contribution in [2.45, 2.75) is 50.6 Å². The van der Waals surface area contributed by atoms with Crippen LogP contribution in [0.2, 0.25) is 10.0 Å². The van der Waals surface area contributed by atoms with Gasteiger partial charge < -0.3 is 10.2 Å². The van der Waals surface area contributed by atoms with E-state index in [-0.39, 0.29) is 17.3 Å². The van der Waals surface area contributed by atoms with Crippen molar-refractivity contribution in [2.24, 2.45) is 0 Å². The Morgan fingerprint density at radius 1 is 0.975 bits per heavy atom. The summed E-state index contributed by atoms with van der Waals surface area (Å²) in [5.74, 6) is -0.864. The summed E-state index contributed by atoms with van der Waals surface area (Å²) in [7, 11) is -4.14. The van der Waals surface area contributed by atoms with Gasteiger partial charge in [0.15, 0.2) is 0 Å². The molecular weight excluding hydrogens is 637 g/mol. The molecule has 1 atom stereocenters. The molecule has 214 valence electrons. The zero-order chi connectivity index (χ0) is 29.3. The number of rotatable bonds is 13. The van der Waals surface area contributed by atoms with E-state index in [9.17, 15) is 18.0 Å². The van der Waals surface area contributed by atoms with Crippen LogP contribution in [-0.4, -0.2) is 44.3 Å². The molecule has 7 nitrogen and oxygen atoms in total. The minimum Gasteiger partial charge on any atom is -0.354 e. The second-order valence-corrected chi connectivity index (χ2v) is 12.8. The van der Waals surface area contributed by atoms with Crippen molar-refractivity contribution in [3.63, 3.8) is 0 Å². The molecule has 0 saturated heterocycles. The lowest BCUT2D eigenvalue weighted by Gasteiger charge is -2.33. The number of carbonyl (C=O) groups is 2. The van der Waals surface area contributed by atoms with Crippen molar-refractivity contribution in [1.82, 2.24) is 10.2 Å². The molecule has 0 bridgehead atoms. The zero-order valence-electron chi connectivity index (χ0n) is 22.3. The van der Waals surface area contributed by atoms with E-state index in [0.717, 1.165) is 17.1 Å². The quantitative estimate of drug-likeness (QED) is 0.206. The molecule has 0 aliphatic rings. The molecule has 3 aromatic rings.